The molecule has 0 N–H and O–H groups in total. The number of ether oxygens (including phenoxy) is 10. The van der Waals surface area contributed by atoms with Crippen LogP contribution in [0.1, 0.15) is 94.0 Å². The van der Waals surface area contributed by atoms with Crippen molar-refractivity contribution < 1.29 is 66.5 Å². The van der Waals surface area contributed by atoms with E-state index in [2.05, 4.69) is 27.7 Å². The number of methoxy groups -OCH3 is 5. The Hall–Kier alpha value is -7.22. The lowest BCUT2D eigenvalue weighted by molar-refractivity contribution is 0.0712. The Labute approximate surface area is 373 Å². The van der Waals surface area contributed by atoms with Crippen LogP contribution in [0.4, 0.5) is 0 Å². The molecule has 0 aliphatic carbocycles. The fourth-order valence-corrected chi connectivity index (χ4v) is 6.33. The Morgan fingerprint density at radius 2 is 0.875 bits per heavy atom. The van der Waals surface area contributed by atoms with Gasteiger partial charge in [0.15, 0.2) is 23.0 Å². The minimum atomic E-state index is -0.729. The van der Waals surface area contributed by atoms with Gasteiger partial charge in [0, 0.05) is 18.2 Å². The molecule has 0 saturated carbocycles. The van der Waals surface area contributed by atoms with Crippen LogP contribution >= 0.6 is 0 Å². The smallest absolute Gasteiger partial charge is 0.347 e. The largest absolute Gasteiger partial charge is 0.496 e. The molecule has 14 heteroatoms. The van der Waals surface area contributed by atoms with Gasteiger partial charge < -0.3 is 47.4 Å². The van der Waals surface area contributed by atoms with Gasteiger partial charge in [-0.2, -0.15) is 0 Å². The molecule has 5 aromatic carbocycles. The van der Waals surface area contributed by atoms with Crippen LogP contribution in [-0.2, 0) is 6.42 Å². The highest BCUT2D eigenvalue weighted by molar-refractivity contribution is 5.96. The lowest BCUT2D eigenvalue weighted by Crippen LogP contribution is -2.12. The minimum Gasteiger partial charge on any atom is -0.496 e. The molecule has 0 aliphatic rings. The number of hydrogen-bond acceptors (Lipinski definition) is 14. The number of esters is 4. The lowest BCUT2D eigenvalue weighted by Gasteiger charge is -2.15. The van der Waals surface area contributed by atoms with E-state index in [0.717, 1.165) is 31.2 Å². The summed E-state index contributed by atoms with van der Waals surface area (Å²) in [4.78, 5) is 52.6. The number of rotatable bonds is 21. The maximum atomic E-state index is 13.2. The van der Waals surface area contributed by atoms with Gasteiger partial charge in [-0.3, -0.25) is 0 Å². The third kappa shape index (κ3) is 12.7. The zero-order chi connectivity index (χ0) is 46.3. The van der Waals surface area contributed by atoms with E-state index in [9.17, 15) is 19.2 Å². The van der Waals surface area contributed by atoms with E-state index in [1.807, 2.05) is 0 Å². The van der Waals surface area contributed by atoms with Crippen molar-refractivity contribution in [1.29, 1.82) is 0 Å². The fraction of sp³-hybridized carbons (Fsp3) is 0.320. The first kappa shape index (κ1) is 47.8. The number of carbonyl (C=O) groups excluding carboxylic acids is 4. The SMILES string of the molecule is COc1cc(C(=O)Oc2ccc(C(=O)Oc3ccc(OC(=O)c4ccc(OC(=O)c5cc(OC)c(OCCC(C)C)cc5OC)cc4)c(OC)c3)cc2)c(OC)cc1CCCC(C)C. The normalized spacial score (nSPS) is 10.8. The summed E-state index contributed by atoms with van der Waals surface area (Å²) in [6.45, 7) is 8.99. The molecular weight excluding hydrogens is 825 g/mol. The van der Waals surface area contributed by atoms with Crippen LogP contribution in [0.15, 0.2) is 91.0 Å². The molecule has 0 amide bonds. The topological polar surface area (TPSA) is 161 Å². The van der Waals surface area contributed by atoms with Crippen molar-refractivity contribution in [3.63, 3.8) is 0 Å². The molecule has 0 unspecified atom stereocenters. The average Bonchev–Trinajstić information content (AvgIpc) is 3.29. The second-order valence-corrected chi connectivity index (χ2v) is 15.3. The molecule has 0 heterocycles. The Morgan fingerprint density at radius 1 is 0.422 bits per heavy atom. The molecule has 338 valence electrons. The van der Waals surface area contributed by atoms with Gasteiger partial charge in [-0.1, -0.05) is 34.1 Å². The maximum absolute atomic E-state index is 13.2. The summed E-state index contributed by atoms with van der Waals surface area (Å²) in [5.74, 6) is 0.795. The van der Waals surface area contributed by atoms with Crippen LogP contribution in [0.2, 0.25) is 0 Å². The summed E-state index contributed by atoms with van der Waals surface area (Å²) < 4.78 is 55.6. The Bertz CT molecular complexity index is 2400. The molecule has 0 saturated heterocycles. The molecule has 0 aliphatic heterocycles. The van der Waals surface area contributed by atoms with Gasteiger partial charge in [0.1, 0.15) is 45.6 Å². The highest BCUT2D eigenvalue weighted by Crippen LogP contribution is 2.37. The van der Waals surface area contributed by atoms with E-state index in [1.54, 1.807) is 25.3 Å². The number of hydrogen-bond donors (Lipinski definition) is 0. The number of benzene rings is 5. The summed E-state index contributed by atoms with van der Waals surface area (Å²) in [6, 6.07) is 22.3. The highest BCUT2D eigenvalue weighted by atomic mass is 16.6. The summed E-state index contributed by atoms with van der Waals surface area (Å²) in [5.41, 5.74) is 1.57. The van der Waals surface area contributed by atoms with E-state index in [4.69, 9.17) is 47.4 Å². The summed E-state index contributed by atoms with van der Waals surface area (Å²) in [5, 5.41) is 0. The van der Waals surface area contributed by atoms with Crippen molar-refractivity contribution in [3.8, 4) is 57.5 Å². The van der Waals surface area contributed by atoms with Gasteiger partial charge in [-0.25, -0.2) is 19.2 Å². The van der Waals surface area contributed by atoms with Gasteiger partial charge >= 0.3 is 23.9 Å². The quantitative estimate of drug-likeness (QED) is 0.0506. The van der Waals surface area contributed by atoms with Crippen molar-refractivity contribution >= 4 is 23.9 Å². The molecule has 0 bridgehead atoms. The van der Waals surface area contributed by atoms with Crippen LogP contribution < -0.4 is 47.4 Å². The Kier molecular flexibility index (Phi) is 17.0. The van der Waals surface area contributed by atoms with E-state index < -0.39 is 23.9 Å². The van der Waals surface area contributed by atoms with E-state index in [1.165, 1.54) is 101 Å². The van der Waals surface area contributed by atoms with Gasteiger partial charge in [-0.15, -0.1) is 0 Å². The first-order chi connectivity index (χ1) is 30.8. The Balaban J connectivity index is 1.18. The van der Waals surface area contributed by atoms with Gasteiger partial charge in [0.25, 0.3) is 0 Å². The Morgan fingerprint density at radius 3 is 1.39 bits per heavy atom. The highest BCUT2D eigenvalue weighted by Gasteiger charge is 2.23. The summed E-state index contributed by atoms with van der Waals surface area (Å²) in [6.07, 6.45) is 3.63. The molecule has 5 rings (SSSR count). The van der Waals surface area contributed by atoms with Crippen molar-refractivity contribution in [1.82, 2.24) is 0 Å². The van der Waals surface area contributed by atoms with Crippen molar-refractivity contribution in [2.24, 2.45) is 11.8 Å². The van der Waals surface area contributed by atoms with Gasteiger partial charge in [0.2, 0.25) is 0 Å². The predicted molar refractivity (Wildman–Crippen MR) is 238 cm³/mol. The molecule has 0 fully saturated rings. The molecular formula is C50H54O14. The molecule has 0 atom stereocenters. The first-order valence-corrected chi connectivity index (χ1v) is 20.7. The summed E-state index contributed by atoms with van der Waals surface area (Å²) >= 11 is 0. The number of carbonyl (C=O) groups is 4. The number of aryl methyl sites for hydroxylation is 1. The fourth-order valence-electron chi connectivity index (χ4n) is 6.33. The second-order valence-electron chi connectivity index (χ2n) is 15.3. The summed E-state index contributed by atoms with van der Waals surface area (Å²) in [7, 11) is 7.31. The van der Waals surface area contributed by atoms with Crippen LogP contribution in [0.5, 0.6) is 57.5 Å². The molecule has 64 heavy (non-hydrogen) atoms. The molecule has 0 radical (unpaired) electrons. The molecule has 0 aromatic heterocycles. The lowest BCUT2D eigenvalue weighted by atomic mass is 10.00. The maximum Gasteiger partial charge on any atom is 0.347 e. The molecule has 5 aromatic rings. The molecule has 0 spiro atoms. The predicted octanol–water partition coefficient (Wildman–Crippen LogP) is 10.0. The standard InChI is InChI=1S/C50H54O14/c1-30(2)11-10-12-34-25-42(56-6)38(27-41(34)55-5)49(53)61-35-17-13-32(14-18-35)47(51)63-37-21-22-40(44(26-37)58-8)64-48(52)33-15-19-36(20-16-33)62-50(54)39-28-45(59-9)46(29-43(39)57-7)60-24-23-31(3)4/h13-22,25-31H,10-12,23-24H2,1-9H3. The van der Waals surface area contributed by atoms with E-state index in [0.29, 0.717) is 41.4 Å². The van der Waals surface area contributed by atoms with Crippen LogP contribution in [0.3, 0.4) is 0 Å². The van der Waals surface area contributed by atoms with E-state index in [-0.39, 0.29) is 56.8 Å². The van der Waals surface area contributed by atoms with Gasteiger partial charge in [-0.05, 0) is 109 Å². The molecule has 14 nitrogen and oxygen atoms in total. The first-order valence-electron chi connectivity index (χ1n) is 20.7. The van der Waals surface area contributed by atoms with Crippen LogP contribution in [0.25, 0.3) is 0 Å². The average molecular weight is 879 g/mol. The van der Waals surface area contributed by atoms with Crippen molar-refractivity contribution in [2.45, 2.75) is 53.4 Å². The van der Waals surface area contributed by atoms with E-state index >= 15 is 0 Å². The third-order valence-electron chi connectivity index (χ3n) is 9.86. The minimum absolute atomic E-state index is 0.0571. The zero-order valence-electron chi connectivity index (χ0n) is 37.6. The van der Waals surface area contributed by atoms with Crippen LogP contribution in [-0.4, -0.2) is 66.0 Å². The zero-order valence-corrected chi connectivity index (χ0v) is 37.6. The van der Waals surface area contributed by atoms with Crippen LogP contribution in [0, 0.1) is 11.8 Å². The van der Waals surface area contributed by atoms with Crippen molar-refractivity contribution in [2.75, 3.05) is 42.2 Å². The second kappa shape index (κ2) is 22.7. The van der Waals surface area contributed by atoms with Crippen molar-refractivity contribution in [3.05, 3.63) is 119 Å². The third-order valence-corrected chi connectivity index (χ3v) is 9.86. The van der Waals surface area contributed by atoms with Gasteiger partial charge in [0.05, 0.1) is 53.3 Å². The monoisotopic (exact) mass is 878 g/mol.